The van der Waals surface area contributed by atoms with E-state index in [-0.39, 0.29) is 35.4 Å². The zero-order chi connectivity index (χ0) is 21.3. The summed E-state index contributed by atoms with van der Waals surface area (Å²) >= 11 is 5.88. The lowest BCUT2D eigenvalue weighted by molar-refractivity contribution is 0.101. The van der Waals surface area contributed by atoms with Crippen LogP contribution in [0.15, 0.2) is 41.3 Å². The molecule has 0 aliphatic rings. The first-order valence-electron chi connectivity index (χ1n) is 9.08. The monoisotopic (exact) mass is 417 g/mol. The number of methoxy groups -OCH3 is 1. The van der Waals surface area contributed by atoms with E-state index in [2.05, 4.69) is 0 Å². The van der Waals surface area contributed by atoms with Gasteiger partial charge < -0.3 is 14.4 Å². The number of nitrogens with zero attached hydrogens (tertiary/aromatic N) is 1. The van der Waals surface area contributed by atoms with E-state index in [1.165, 1.54) is 26.3 Å². The third-order valence-corrected chi connectivity index (χ3v) is 5.26. The molecule has 152 valence electrons. The largest absolute Gasteiger partial charge is 0.496 e. The number of ether oxygens (including phenoxy) is 1. The first-order chi connectivity index (χ1) is 13.8. The lowest BCUT2D eigenvalue weighted by Gasteiger charge is -2.20. The topological polar surface area (TPSA) is 68.5 Å². The first kappa shape index (κ1) is 21.0. The molecule has 1 atom stereocenters. The van der Waals surface area contributed by atoms with Gasteiger partial charge in [-0.2, -0.15) is 0 Å². The Morgan fingerprint density at radius 3 is 2.66 bits per heavy atom. The van der Waals surface area contributed by atoms with E-state index in [9.17, 15) is 19.1 Å². The summed E-state index contributed by atoms with van der Waals surface area (Å²) in [6, 6.07) is 7.65. The summed E-state index contributed by atoms with van der Waals surface area (Å²) in [6.07, 6.45) is 1.62. The second-order valence-electron chi connectivity index (χ2n) is 6.94. The van der Waals surface area contributed by atoms with Crippen LogP contribution in [-0.4, -0.2) is 29.2 Å². The average molecular weight is 418 g/mol. The van der Waals surface area contributed by atoms with Gasteiger partial charge in [-0.1, -0.05) is 23.7 Å². The summed E-state index contributed by atoms with van der Waals surface area (Å²) in [5.74, 6) is -0.431. The number of rotatable bonds is 6. The molecule has 1 N–H and O–H groups in total. The molecule has 0 saturated carbocycles. The first-order valence-corrected chi connectivity index (χ1v) is 9.46. The van der Waals surface area contributed by atoms with Gasteiger partial charge in [-0.05, 0) is 37.1 Å². The van der Waals surface area contributed by atoms with Gasteiger partial charge in [-0.15, -0.1) is 0 Å². The Balaban J connectivity index is 2.30. The second kappa shape index (κ2) is 8.35. The number of benzene rings is 2. The standard InChI is InChI=1S/C22H21ClFNO4/c1-12(11-26)25-10-17(13(2)27)22(28)16-8-15(20(29-3)9-19(16)25)7-14-5-4-6-18(23)21(14)24/h4-6,8-10,12,26H,7,11H2,1-3H3/t12-/m0/s1. The van der Waals surface area contributed by atoms with Crippen molar-refractivity contribution in [2.75, 3.05) is 13.7 Å². The van der Waals surface area contributed by atoms with Gasteiger partial charge in [0, 0.05) is 24.1 Å². The fourth-order valence-electron chi connectivity index (χ4n) is 3.34. The molecule has 0 fully saturated rings. The van der Waals surface area contributed by atoms with E-state index >= 15 is 0 Å². The highest BCUT2D eigenvalue weighted by atomic mass is 35.5. The van der Waals surface area contributed by atoms with Gasteiger partial charge in [-0.25, -0.2) is 4.39 Å². The van der Waals surface area contributed by atoms with E-state index in [1.54, 1.807) is 35.8 Å². The number of Topliss-reactive ketones (excluding diaryl/α,β-unsaturated/α-hetero) is 1. The number of aliphatic hydroxyl groups is 1. The fraction of sp³-hybridized carbons (Fsp3) is 0.273. The third-order valence-electron chi connectivity index (χ3n) is 4.97. The minimum Gasteiger partial charge on any atom is -0.496 e. The van der Waals surface area contributed by atoms with Gasteiger partial charge >= 0.3 is 0 Å². The molecule has 0 bridgehead atoms. The van der Waals surface area contributed by atoms with Gasteiger partial charge in [0.05, 0.1) is 35.9 Å². The number of halogens is 2. The second-order valence-corrected chi connectivity index (χ2v) is 7.35. The molecule has 3 aromatic rings. The number of pyridine rings is 1. The summed E-state index contributed by atoms with van der Waals surface area (Å²) in [4.78, 5) is 24.9. The molecule has 0 radical (unpaired) electrons. The SMILES string of the molecule is COc1cc2c(cc1Cc1cccc(Cl)c1F)c(=O)c(C(C)=O)cn2[C@@H](C)CO. The number of carbonyl (C=O) groups excluding carboxylic acids is 1. The highest BCUT2D eigenvalue weighted by Crippen LogP contribution is 2.30. The quantitative estimate of drug-likeness (QED) is 0.612. The van der Waals surface area contributed by atoms with Crippen molar-refractivity contribution >= 4 is 28.3 Å². The predicted molar refractivity (Wildman–Crippen MR) is 111 cm³/mol. The molecule has 0 spiro atoms. The number of carbonyl (C=O) groups is 1. The number of fused-ring (bicyclic) bond motifs is 1. The average Bonchev–Trinajstić information content (AvgIpc) is 2.70. The van der Waals surface area contributed by atoms with Crippen LogP contribution in [-0.2, 0) is 6.42 Å². The number of aliphatic hydroxyl groups excluding tert-OH is 1. The van der Waals surface area contributed by atoms with E-state index in [0.717, 1.165) is 0 Å². The molecule has 0 aliphatic carbocycles. The van der Waals surface area contributed by atoms with Crippen LogP contribution in [0.25, 0.3) is 10.9 Å². The lowest BCUT2D eigenvalue weighted by atomic mass is 9.99. The van der Waals surface area contributed by atoms with Crippen LogP contribution in [0.3, 0.4) is 0 Å². The summed E-state index contributed by atoms with van der Waals surface area (Å²) in [5.41, 5.74) is 1.09. The van der Waals surface area contributed by atoms with Crippen molar-refractivity contribution in [3.8, 4) is 5.75 Å². The molecule has 3 rings (SSSR count). The molecule has 2 aromatic carbocycles. The molecule has 5 nitrogen and oxygen atoms in total. The van der Waals surface area contributed by atoms with Gasteiger partial charge in [0.25, 0.3) is 0 Å². The highest BCUT2D eigenvalue weighted by Gasteiger charge is 2.19. The van der Waals surface area contributed by atoms with Crippen LogP contribution >= 0.6 is 11.6 Å². The smallest absolute Gasteiger partial charge is 0.200 e. The summed E-state index contributed by atoms with van der Waals surface area (Å²) in [7, 11) is 1.49. The van der Waals surface area contributed by atoms with Crippen LogP contribution in [0.1, 0.15) is 41.4 Å². The highest BCUT2D eigenvalue weighted by molar-refractivity contribution is 6.30. The van der Waals surface area contributed by atoms with E-state index in [0.29, 0.717) is 27.8 Å². The molecule has 0 unspecified atom stereocenters. The van der Waals surface area contributed by atoms with E-state index in [1.807, 2.05) is 0 Å². The van der Waals surface area contributed by atoms with Crippen molar-refractivity contribution in [2.45, 2.75) is 26.3 Å². The normalized spacial score (nSPS) is 12.2. The van der Waals surface area contributed by atoms with Crippen LogP contribution in [0, 0.1) is 5.82 Å². The van der Waals surface area contributed by atoms with Crippen LogP contribution in [0.2, 0.25) is 5.02 Å². The van der Waals surface area contributed by atoms with Crippen molar-refractivity contribution < 1.29 is 19.0 Å². The Morgan fingerprint density at radius 2 is 2.03 bits per heavy atom. The number of hydrogen-bond donors (Lipinski definition) is 1. The number of hydrogen-bond acceptors (Lipinski definition) is 4. The molecule has 1 aromatic heterocycles. The lowest BCUT2D eigenvalue weighted by Crippen LogP contribution is -2.21. The minimum atomic E-state index is -0.528. The third kappa shape index (κ3) is 3.91. The van der Waals surface area contributed by atoms with Crippen LogP contribution in [0.5, 0.6) is 5.75 Å². The maximum absolute atomic E-state index is 14.4. The van der Waals surface area contributed by atoms with Gasteiger partial charge in [-0.3, -0.25) is 9.59 Å². The Morgan fingerprint density at radius 1 is 1.31 bits per heavy atom. The van der Waals surface area contributed by atoms with Gasteiger partial charge in [0.1, 0.15) is 11.6 Å². The minimum absolute atomic E-state index is 0.0141. The molecular weight excluding hydrogens is 397 g/mol. The summed E-state index contributed by atoms with van der Waals surface area (Å²) in [5, 5.41) is 9.93. The summed E-state index contributed by atoms with van der Waals surface area (Å²) in [6.45, 7) is 2.92. The number of ketones is 1. The number of aromatic nitrogens is 1. The van der Waals surface area contributed by atoms with Crippen LogP contribution < -0.4 is 10.2 Å². The van der Waals surface area contributed by atoms with Crippen molar-refractivity contribution in [2.24, 2.45) is 0 Å². The Labute approximate surface area is 172 Å². The molecule has 0 saturated heterocycles. The Bertz CT molecular complexity index is 1160. The van der Waals surface area contributed by atoms with Gasteiger partial charge in [0.2, 0.25) is 0 Å². The molecule has 0 aliphatic heterocycles. The molecular formula is C22H21ClFNO4. The molecule has 29 heavy (non-hydrogen) atoms. The Hall–Kier alpha value is -2.70. The maximum Gasteiger partial charge on any atom is 0.200 e. The van der Waals surface area contributed by atoms with Crippen molar-refractivity contribution in [1.82, 2.24) is 4.57 Å². The van der Waals surface area contributed by atoms with Gasteiger partial charge in [0.15, 0.2) is 11.2 Å². The van der Waals surface area contributed by atoms with Crippen molar-refractivity contribution in [1.29, 1.82) is 0 Å². The van der Waals surface area contributed by atoms with Crippen LogP contribution in [0.4, 0.5) is 4.39 Å². The maximum atomic E-state index is 14.4. The van der Waals surface area contributed by atoms with Crippen molar-refractivity contribution in [3.63, 3.8) is 0 Å². The van der Waals surface area contributed by atoms with Crippen molar-refractivity contribution in [3.05, 3.63) is 74.3 Å². The van der Waals surface area contributed by atoms with E-state index < -0.39 is 11.2 Å². The zero-order valence-corrected chi connectivity index (χ0v) is 17.1. The Kier molecular flexibility index (Phi) is 6.05. The van der Waals surface area contributed by atoms with E-state index in [4.69, 9.17) is 16.3 Å². The summed E-state index contributed by atoms with van der Waals surface area (Å²) < 4.78 is 21.6. The molecule has 7 heteroatoms. The zero-order valence-electron chi connectivity index (χ0n) is 16.3. The predicted octanol–water partition coefficient (Wildman–Crippen LogP) is 4.15. The molecule has 1 heterocycles. The molecule has 0 amide bonds. The fourth-order valence-corrected chi connectivity index (χ4v) is 3.54.